The summed E-state index contributed by atoms with van der Waals surface area (Å²) in [6.07, 6.45) is 3.65. The van der Waals surface area contributed by atoms with Gasteiger partial charge >= 0.3 is 5.97 Å². The number of carboxylic acids is 1. The molecule has 1 saturated carbocycles. The maximum absolute atomic E-state index is 11.4. The standard InChI is InChI=1S/C16H21BrO2/c1-16(2)8-7-13(15(18)19)12(10-16)9-11-5-3-4-6-14(11)17/h3-6,12-13H,7-10H2,1-2H3,(H,18,19). The molecule has 1 aromatic carbocycles. The van der Waals surface area contributed by atoms with Gasteiger partial charge in [-0.1, -0.05) is 48.0 Å². The van der Waals surface area contributed by atoms with Gasteiger partial charge in [0, 0.05) is 4.47 Å². The Hall–Kier alpha value is -0.830. The molecule has 2 unspecified atom stereocenters. The molecular formula is C16H21BrO2. The maximum atomic E-state index is 11.4. The fourth-order valence-corrected chi connectivity index (χ4v) is 3.67. The van der Waals surface area contributed by atoms with Crippen LogP contribution in [0.2, 0.25) is 0 Å². The molecule has 0 amide bonds. The molecule has 104 valence electrons. The van der Waals surface area contributed by atoms with Gasteiger partial charge in [-0.2, -0.15) is 0 Å². The Morgan fingerprint density at radius 1 is 1.42 bits per heavy atom. The van der Waals surface area contributed by atoms with E-state index in [0.717, 1.165) is 30.2 Å². The zero-order valence-corrected chi connectivity index (χ0v) is 13.1. The summed E-state index contributed by atoms with van der Waals surface area (Å²) in [4.78, 5) is 11.4. The van der Waals surface area contributed by atoms with E-state index in [4.69, 9.17) is 0 Å². The predicted molar refractivity (Wildman–Crippen MR) is 80.1 cm³/mol. The van der Waals surface area contributed by atoms with Crippen molar-refractivity contribution in [2.75, 3.05) is 0 Å². The van der Waals surface area contributed by atoms with Crippen molar-refractivity contribution in [2.24, 2.45) is 17.3 Å². The Bertz CT molecular complexity index is 468. The largest absolute Gasteiger partial charge is 0.481 e. The quantitative estimate of drug-likeness (QED) is 0.887. The second kappa shape index (κ2) is 5.66. The Morgan fingerprint density at radius 2 is 2.11 bits per heavy atom. The minimum atomic E-state index is -0.632. The number of hydrogen-bond acceptors (Lipinski definition) is 1. The molecule has 2 atom stereocenters. The molecule has 2 rings (SSSR count). The van der Waals surface area contributed by atoms with Crippen LogP contribution in [0.4, 0.5) is 0 Å². The molecule has 19 heavy (non-hydrogen) atoms. The summed E-state index contributed by atoms with van der Waals surface area (Å²) in [6.45, 7) is 4.50. The van der Waals surface area contributed by atoms with Gasteiger partial charge < -0.3 is 5.11 Å². The number of carboxylic acid groups (broad SMARTS) is 1. The third kappa shape index (κ3) is 3.59. The first-order chi connectivity index (χ1) is 8.89. The van der Waals surface area contributed by atoms with E-state index in [1.807, 2.05) is 18.2 Å². The summed E-state index contributed by atoms with van der Waals surface area (Å²) in [6, 6.07) is 8.13. The highest BCUT2D eigenvalue weighted by Gasteiger charge is 2.38. The second-order valence-electron chi connectivity index (χ2n) is 6.41. The Kier molecular flexibility index (Phi) is 4.34. The molecule has 1 aliphatic carbocycles. The van der Waals surface area contributed by atoms with Gasteiger partial charge in [-0.05, 0) is 48.6 Å². The van der Waals surface area contributed by atoms with Gasteiger partial charge in [-0.3, -0.25) is 4.79 Å². The lowest BCUT2D eigenvalue weighted by Crippen LogP contribution is -2.35. The van der Waals surface area contributed by atoms with E-state index in [9.17, 15) is 9.90 Å². The number of halogens is 1. The van der Waals surface area contributed by atoms with Crippen LogP contribution in [0, 0.1) is 17.3 Å². The molecule has 0 saturated heterocycles. The number of benzene rings is 1. The number of rotatable bonds is 3. The molecule has 1 aliphatic rings. The first-order valence-corrected chi connectivity index (χ1v) is 7.64. The van der Waals surface area contributed by atoms with Crippen LogP contribution in [0.3, 0.4) is 0 Å². The minimum absolute atomic E-state index is 0.194. The van der Waals surface area contributed by atoms with Crippen LogP contribution in [0.1, 0.15) is 38.7 Å². The summed E-state index contributed by atoms with van der Waals surface area (Å²) < 4.78 is 1.09. The molecule has 0 aromatic heterocycles. The van der Waals surface area contributed by atoms with Crippen molar-refractivity contribution < 1.29 is 9.90 Å². The van der Waals surface area contributed by atoms with E-state index >= 15 is 0 Å². The number of hydrogen-bond donors (Lipinski definition) is 1. The van der Waals surface area contributed by atoms with Crippen molar-refractivity contribution in [2.45, 2.75) is 39.5 Å². The first kappa shape index (κ1) is 14.6. The van der Waals surface area contributed by atoms with Crippen LogP contribution >= 0.6 is 15.9 Å². The van der Waals surface area contributed by atoms with Gasteiger partial charge in [0.1, 0.15) is 0 Å². The lowest BCUT2D eigenvalue weighted by Gasteiger charge is -2.39. The van der Waals surface area contributed by atoms with Crippen molar-refractivity contribution in [3.8, 4) is 0 Å². The SMILES string of the molecule is CC1(C)CCC(C(=O)O)C(Cc2ccccc2Br)C1. The summed E-state index contributed by atoms with van der Waals surface area (Å²) >= 11 is 3.56. The van der Waals surface area contributed by atoms with E-state index in [2.05, 4.69) is 35.8 Å². The van der Waals surface area contributed by atoms with E-state index in [1.54, 1.807) is 0 Å². The van der Waals surface area contributed by atoms with Crippen LogP contribution in [0.5, 0.6) is 0 Å². The average molecular weight is 325 g/mol. The summed E-state index contributed by atoms with van der Waals surface area (Å²) in [5, 5.41) is 9.41. The van der Waals surface area contributed by atoms with Crippen LogP contribution in [0.15, 0.2) is 28.7 Å². The molecule has 0 heterocycles. The lowest BCUT2D eigenvalue weighted by atomic mass is 9.65. The van der Waals surface area contributed by atoms with Crippen LogP contribution in [0.25, 0.3) is 0 Å². The normalized spacial score (nSPS) is 26.1. The third-order valence-electron chi connectivity index (χ3n) is 4.27. The van der Waals surface area contributed by atoms with Crippen molar-refractivity contribution in [3.05, 3.63) is 34.3 Å². The minimum Gasteiger partial charge on any atom is -0.481 e. The van der Waals surface area contributed by atoms with Crippen molar-refractivity contribution >= 4 is 21.9 Å². The van der Waals surface area contributed by atoms with Gasteiger partial charge in [0.15, 0.2) is 0 Å². The van der Waals surface area contributed by atoms with Crippen LogP contribution < -0.4 is 0 Å². The zero-order chi connectivity index (χ0) is 14.0. The van der Waals surface area contributed by atoms with Crippen molar-refractivity contribution in [1.29, 1.82) is 0 Å². The fraction of sp³-hybridized carbons (Fsp3) is 0.562. The highest BCUT2D eigenvalue weighted by atomic mass is 79.9. The molecule has 3 heteroatoms. The molecular weight excluding hydrogens is 304 g/mol. The van der Waals surface area contributed by atoms with Gasteiger partial charge in [-0.25, -0.2) is 0 Å². The number of aliphatic carboxylic acids is 1. The zero-order valence-electron chi connectivity index (χ0n) is 11.5. The highest BCUT2D eigenvalue weighted by Crippen LogP contribution is 2.43. The van der Waals surface area contributed by atoms with Gasteiger partial charge in [0.25, 0.3) is 0 Å². The monoisotopic (exact) mass is 324 g/mol. The van der Waals surface area contributed by atoms with Crippen LogP contribution in [-0.4, -0.2) is 11.1 Å². The lowest BCUT2D eigenvalue weighted by molar-refractivity contribution is -0.146. The topological polar surface area (TPSA) is 37.3 Å². The molecule has 0 spiro atoms. The van der Waals surface area contributed by atoms with Crippen LogP contribution in [-0.2, 0) is 11.2 Å². The molecule has 1 fully saturated rings. The molecule has 2 nitrogen and oxygen atoms in total. The predicted octanol–water partition coefficient (Wildman–Crippen LogP) is 4.52. The summed E-state index contributed by atoms with van der Waals surface area (Å²) in [5.41, 5.74) is 1.48. The molecule has 0 aliphatic heterocycles. The van der Waals surface area contributed by atoms with Gasteiger partial charge in [0.05, 0.1) is 5.92 Å². The Balaban J connectivity index is 2.19. The van der Waals surface area contributed by atoms with Crippen molar-refractivity contribution in [1.82, 2.24) is 0 Å². The smallest absolute Gasteiger partial charge is 0.306 e. The number of carbonyl (C=O) groups is 1. The van der Waals surface area contributed by atoms with Gasteiger partial charge in [0.2, 0.25) is 0 Å². The van der Waals surface area contributed by atoms with E-state index in [0.29, 0.717) is 0 Å². The summed E-state index contributed by atoms with van der Waals surface area (Å²) in [5.74, 6) is -0.590. The molecule has 0 radical (unpaired) electrons. The molecule has 1 N–H and O–H groups in total. The second-order valence-corrected chi connectivity index (χ2v) is 7.26. The molecule has 1 aromatic rings. The third-order valence-corrected chi connectivity index (χ3v) is 5.05. The molecule has 0 bridgehead atoms. The highest BCUT2D eigenvalue weighted by molar-refractivity contribution is 9.10. The first-order valence-electron chi connectivity index (χ1n) is 6.85. The summed E-state index contributed by atoms with van der Waals surface area (Å²) in [7, 11) is 0. The fourth-order valence-electron chi connectivity index (χ4n) is 3.22. The van der Waals surface area contributed by atoms with Gasteiger partial charge in [-0.15, -0.1) is 0 Å². The van der Waals surface area contributed by atoms with E-state index < -0.39 is 5.97 Å². The van der Waals surface area contributed by atoms with E-state index in [-0.39, 0.29) is 17.3 Å². The Labute approximate surface area is 123 Å². The van der Waals surface area contributed by atoms with Crippen molar-refractivity contribution in [3.63, 3.8) is 0 Å². The van der Waals surface area contributed by atoms with E-state index in [1.165, 1.54) is 5.56 Å². The average Bonchev–Trinajstić information content (AvgIpc) is 2.30. The Morgan fingerprint density at radius 3 is 2.74 bits per heavy atom. The maximum Gasteiger partial charge on any atom is 0.306 e.